The van der Waals surface area contributed by atoms with Gasteiger partial charge in [-0.25, -0.2) is 0 Å². The van der Waals surface area contributed by atoms with Crippen molar-refractivity contribution in [1.29, 1.82) is 0 Å². The summed E-state index contributed by atoms with van der Waals surface area (Å²) < 4.78 is 0. The summed E-state index contributed by atoms with van der Waals surface area (Å²) in [5.74, 6) is 5.91. The molecule has 1 N–H and O–H groups in total. The van der Waals surface area contributed by atoms with E-state index in [1.54, 1.807) is 12.3 Å². The minimum atomic E-state index is 0.0313. The molecule has 0 amide bonds. The van der Waals surface area contributed by atoms with Crippen molar-refractivity contribution < 1.29 is 0 Å². The molecule has 0 saturated carbocycles. The second kappa shape index (κ2) is 4.33. The maximum atomic E-state index is 11.4. The van der Waals surface area contributed by atoms with Crippen molar-refractivity contribution in [3.63, 3.8) is 0 Å². The number of H-pyrrole nitrogens is 1. The molecule has 0 spiro atoms. The number of benzene rings is 1. The molecule has 0 saturated heterocycles. The van der Waals surface area contributed by atoms with Crippen LogP contribution in [0.2, 0.25) is 0 Å². The quantitative estimate of drug-likeness (QED) is 0.573. The Labute approximate surface area is 95.5 Å². The minimum Gasteiger partial charge on any atom is -0.361 e. The first-order chi connectivity index (χ1) is 7.31. The predicted molar refractivity (Wildman–Crippen MR) is 65.2 cm³/mol. The number of nitrogens with one attached hydrogen (secondary N) is 1. The van der Waals surface area contributed by atoms with Gasteiger partial charge in [-0.3, -0.25) is 4.79 Å². The fourth-order valence-corrected chi connectivity index (χ4v) is 1.53. The largest absolute Gasteiger partial charge is 0.361 e. The van der Waals surface area contributed by atoms with Gasteiger partial charge in [0.2, 0.25) is 0 Å². The number of rotatable bonds is 0. The number of fused-ring (bicyclic) bond motifs is 1. The Morgan fingerprint density at radius 1 is 1.33 bits per heavy atom. The van der Waals surface area contributed by atoms with Gasteiger partial charge >= 0.3 is 0 Å². The molecule has 0 radical (unpaired) electrons. The van der Waals surface area contributed by atoms with E-state index < -0.39 is 0 Å². The molecular formula is C12H8BrNO. The molecule has 1 aromatic heterocycles. The standard InChI is InChI=1S/C12H8BrNO/c13-6-1-2-9-3-4-10-11(8-9)14-7-5-12(10)15/h3-5,7-8H,6H2,(H,14,15). The Morgan fingerprint density at radius 2 is 2.20 bits per heavy atom. The highest BCUT2D eigenvalue weighted by molar-refractivity contribution is 9.09. The molecule has 3 heteroatoms. The monoisotopic (exact) mass is 261 g/mol. The highest BCUT2D eigenvalue weighted by Gasteiger charge is 1.97. The molecule has 0 unspecified atom stereocenters. The van der Waals surface area contributed by atoms with Crippen LogP contribution in [0.4, 0.5) is 0 Å². The van der Waals surface area contributed by atoms with Crippen LogP contribution in [0, 0.1) is 11.8 Å². The normalized spacial score (nSPS) is 9.67. The van der Waals surface area contributed by atoms with E-state index in [4.69, 9.17) is 0 Å². The van der Waals surface area contributed by atoms with E-state index in [9.17, 15) is 4.79 Å². The maximum Gasteiger partial charge on any atom is 0.189 e. The van der Waals surface area contributed by atoms with Gasteiger partial charge in [0.1, 0.15) is 0 Å². The molecule has 0 fully saturated rings. The summed E-state index contributed by atoms with van der Waals surface area (Å²) >= 11 is 3.24. The van der Waals surface area contributed by atoms with E-state index in [0.717, 1.165) is 11.1 Å². The minimum absolute atomic E-state index is 0.0313. The lowest BCUT2D eigenvalue weighted by molar-refractivity contribution is 1.39. The maximum absolute atomic E-state index is 11.4. The average molecular weight is 262 g/mol. The van der Waals surface area contributed by atoms with Crippen LogP contribution in [-0.2, 0) is 0 Å². The molecule has 1 heterocycles. The van der Waals surface area contributed by atoms with Crippen molar-refractivity contribution in [2.45, 2.75) is 0 Å². The van der Waals surface area contributed by atoms with Crippen molar-refractivity contribution in [2.24, 2.45) is 0 Å². The molecule has 15 heavy (non-hydrogen) atoms. The van der Waals surface area contributed by atoms with Crippen LogP contribution < -0.4 is 5.43 Å². The third kappa shape index (κ3) is 2.11. The SMILES string of the molecule is O=c1cc[nH]c2cc(C#CCBr)ccc12. The van der Waals surface area contributed by atoms with Gasteiger partial charge < -0.3 is 4.98 Å². The van der Waals surface area contributed by atoms with Crippen molar-refractivity contribution >= 4 is 26.8 Å². The Morgan fingerprint density at radius 3 is 3.00 bits per heavy atom. The van der Waals surface area contributed by atoms with Gasteiger partial charge in [-0.1, -0.05) is 27.8 Å². The second-order valence-electron chi connectivity index (χ2n) is 3.04. The molecule has 0 aliphatic rings. The van der Waals surface area contributed by atoms with Crippen molar-refractivity contribution in [3.8, 4) is 11.8 Å². The number of aromatic nitrogens is 1. The molecule has 0 aliphatic heterocycles. The summed E-state index contributed by atoms with van der Waals surface area (Å²) in [6, 6.07) is 7.05. The van der Waals surface area contributed by atoms with Crippen LogP contribution in [-0.4, -0.2) is 10.3 Å². The highest BCUT2D eigenvalue weighted by atomic mass is 79.9. The molecular weight excluding hydrogens is 254 g/mol. The Kier molecular flexibility index (Phi) is 2.89. The highest BCUT2D eigenvalue weighted by Crippen LogP contribution is 2.08. The van der Waals surface area contributed by atoms with Crippen LogP contribution in [0.15, 0.2) is 35.3 Å². The Hall–Kier alpha value is -1.53. The molecule has 74 valence electrons. The van der Waals surface area contributed by atoms with E-state index in [2.05, 4.69) is 32.8 Å². The smallest absolute Gasteiger partial charge is 0.189 e. The van der Waals surface area contributed by atoms with Crippen molar-refractivity contribution in [1.82, 2.24) is 4.98 Å². The number of aromatic amines is 1. The molecule has 1 aromatic carbocycles. The van der Waals surface area contributed by atoms with Gasteiger partial charge in [0.25, 0.3) is 0 Å². The summed E-state index contributed by atoms with van der Waals surface area (Å²) in [4.78, 5) is 14.5. The fourth-order valence-electron chi connectivity index (χ4n) is 1.39. The van der Waals surface area contributed by atoms with Crippen LogP contribution in [0.5, 0.6) is 0 Å². The van der Waals surface area contributed by atoms with Crippen LogP contribution in [0.3, 0.4) is 0 Å². The lowest BCUT2D eigenvalue weighted by Crippen LogP contribution is -1.99. The lowest BCUT2D eigenvalue weighted by atomic mass is 10.1. The third-order valence-corrected chi connectivity index (χ3v) is 2.34. The summed E-state index contributed by atoms with van der Waals surface area (Å²) in [6.07, 6.45) is 1.65. The van der Waals surface area contributed by atoms with Gasteiger partial charge in [-0.05, 0) is 18.2 Å². The molecule has 2 nitrogen and oxygen atoms in total. The van der Waals surface area contributed by atoms with E-state index in [-0.39, 0.29) is 5.43 Å². The number of hydrogen-bond donors (Lipinski definition) is 1. The Bertz CT molecular complexity index is 604. The fraction of sp³-hybridized carbons (Fsp3) is 0.0833. The van der Waals surface area contributed by atoms with Gasteiger partial charge in [-0.2, -0.15) is 0 Å². The summed E-state index contributed by atoms with van der Waals surface area (Å²) in [5, 5.41) is 1.35. The molecule has 0 aliphatic carbocycles. The van der Waals surface area contributed by atoms with E-state index in [0.29, 0.717) is 10.7 Å². The van der Waals surface area contributed by atoms with Gasteiger partial charge in [0.05, 0.1) is 10.8 Å². The summed E-state index contributed by atoms with van der Waals surface area (Å²) in [6.45, 7) is 0. The first-order valence-electron chi connectivity index (χ1n) is 4.47. The molecule has 2 aromatic rings. The lowest BCUT2D eigenvalue weighted by Gasteiger charge is -1.96. The average Bonchev–Trinajstić information content (AvgIpc) is 2.26. The molecule has 0 atom stereocenters. The van der Waals surface area contributed by atoms with E-state index >= 15 is 0 Å². The summed E-state index contributed by atoms with van der Waals surface area (Å²) in [5.41, 5.74) is 1.76. The Balaban J connectivity index is 2.62. The van der Waals surface area contributed by atoms with Crippen molar-refractivity contribution in [2.75, 3.05) is 5.33 Å². The van der Waals surface area contributed by atoms with Crippen LogP contribution >= 0.6 is 15.9 Å². The number of pyridine rings is 1. The van der Waals surface area contributed by atoms with Gasteiger partial charge in [-0.15, -0.1) is 0 Å². The zero-order valence-corrected chi connectivity index (χ0v) is 9.47. The van der Waals surface area contributed by atoms with Crippen molar-refractivity contribution in [3.05, 3.63) is 46.2 Å². The molecule has 2 rings (SSSR count). The number of alkyl halides is 1. The number of hydrogen-bond acceptors (Lipinski definition) is 1. The van der Waals surface area contributed by atoms with E-state index in [1.165, 1.54) is 6.07 Å². The zero-order chi connectivity index (χ0) is 10.7. The molecule has 0 bridgehead atoms. The third-order valence-electron chi connectivity index (χ3n) is 2.06. The van der Waals surface area contributed by atoms with Crippen LogP contribution in [0.1, 0.15) is 5.56 Å². The van der Waals surface area contributed by atoms with Gasteiger partial charge in [0, 0.05) is 23.2 Å². The zero-order valence-electron chi connectivity index (χ0n) is 7.88. The predicted octanol–water partition coefficient (Wildman–Crippen LogP) is 2.27. The first kappa shape index (κ1) is 10.0. The second-order valence-corrected chi connectivity index (χ2v) is 3.60. The summed E-state index contributed by atoms with van der Waals surface area (Å²) in [7, 11) is 0. The topological polar surface area (TPSA) is 32.9 Å². The first-order valence-corrected chi connectivity index (χ1v) is 5.60. The van der Waals surface area contributed by atoms with E-state index in [1.807, 2.05) is 12.1 Å². The number of halogens is 1. The van der Waals surface area contributed by atoms with Gasteiger partial charge in [0.15, 0.2) is 5.43 Å². The van der Waals surface area contributed by atoms with Crippen LogP contribution in [0.25, 0.3) is 10.9 Å².